The van der Waals surface area contributed by atoms with Crippen molar-refractivity contribution in [2.45, 2.75) is 39.8 Å². The lowest BCUT2D eigenvalue weighted by Crippen LogP contribution is -2.29. The average Bonchev–Trinajstić information content (AvgIpc) is 2.21. The quantitative estimate of drug-likeness (QED) is 0.606. The molecule has 102 valence electrons. The summed E-state index contributed by atoms with van der Waals surface area (Å²) in [5.41, 5.74) is 0.715. The molecule has 0 saturated carbocycles. The van der Waals surface area contributed by atoms with Gasteiger partial charge in [0.05, 0.1) is 6.10 Å². The average molecular weight is 253 g/mol. The number of benzene rings is 1. The second kappa shape index (κ2) is 6.07. The van der Waals surface area contributed by atoms with E-state index in [0.29, 0.717) is 25.1 Å². The van der Waals surface area contributed by atoms with Gasteiger partial charge < -0.3 is 20.6 Å². The van der Waals surface area contributed by atoms with Gasteiger partial charge in [-0.3, -0.25) is 0 Å². The zero-order chi connectivity index (χ0) is 13.8. The third-order valence-corrected chi connectivity index (χ3v) is 2.64. The van der Waals surface area contributed by atoms with E-state index >= 15 is 0 Å². The lowest BCUT2D eigenvalue weighted by Gasteiger charge is -2.22. The maximum Gasteiger partial charge on any atom is 0.161 e. The van der Waals surface area contributed by atoms with Crippen LogP contribution >= 0.6 is 0 Å². The van der Waals surface area contributed by atoms with Crippen molar-refractivity contribution in [3.8, 4) is 11.5 Å². The monoisotopic (exact) mass is 253 g/mol. The summed E-state index contributed by atoms with van der Waals surface area (Å²) in [5, 5.41) is 31.8. The van der Waals surface area contributed by atoms with Crippen molar-refractivity contribution >= 4 is 0 Å². The van der Waals surface area contributed by atoms with Crippen molar-refractivity contribution in [2.24, 2.45) is 5.41 Å². The molecule has 1 aromatic carbocycles. The highest BCUT2D eigenvalue weighted by molar-refractivity contribution is 5.44. The third kappa shape index (κ3) is 4.94. The Morgan fingerprint density at radius 1 is 1.22 bits per heavy atom. The standard InChI is InChI=1S/C14H23NO3/c1-14(2,3)7-11(16)9-15-8-10-5-4-6-12(17)13(10)18/h4-6,11,15-18H,7-9H2,1-3H3. The van der Waals surface area contributed by atoms with E-state index in [-0.39, 0.29) is 16.9 Å². The van der Waals surface area contributed by atoms with Crippen molar-refractivity contribution < 1.29 is 15.3 Å². The second-order valence-electron chi connectivity index (χ2n) is 5.83. The van der Waals surface area contributed by atoms with E-state index in [1.54, 1.807) is 12.1 Å². The largest absolute Gasteiger partial charge is 0.504 e. The number of phenols is 2. The maximum absolute atomic E-state index is 9.81. The minimum Gasteiger partial charge on any atom is -0.504 e. The van der Waals surface area contributed by atoms with Gasteiger partial charge in [-0.1, -0.05) is 32.9 Å². The molecule has 0 amide bonds. The Balaban J connectivity index is 2.40. The number of para-hydroxylation sites is 1. The summed E-state index contributed by atoms with van der Waals surface area (Å²) in [5.74, 6) is -0.222. The number of hydrogen-bond acceptors (Lipinski definition) is 4. The zero-order valence-corrected chi connectivity index (χ0v) is 11.3. The van der Waals surface area contributed by atoms with Gasteiger partial charge in [0.1, 0.15) is 0 Å². The van der Waals surface area contributed by atoms with Gasteiger partial charge in [-0.05, 0) is 17.9 Å². The summed E-state index contributed by atoms with van der Waals surface area (Å²) < 4.78 is 0. The number of aliphatic hydroxyl groups excluding tert-OH is 1. The highest BCUT2D eigenvalue weighted by atomic mass is 16.3. The molecule has 0 bridgehead atoms. The SMILES string of the molecule is CC(C)(C)CC(O)CNCc1cccc(O)c1O. The van der Waals surface area contributed by atoms with Crippen LogP contribution in [0.3, 0.4) is 0 Å². The van der Waals surface area contributed by atoms with E-state index in [9.17, 15) is 15.3 Å². The first-order chi connectivity index (χ1) is 8.29. The topological polar surface area (TPSA) is 72.7 Å². The van der Waals surface area contributed by atoms with Crippen molar-refractivity contribution in [1.29, 1.82) is 0 Å². The molecule has 0 fully saturated rings. The normalized spacial score (nSPS) is 13.6. The van der Waals surface area contributed by atoms with Gasteiger partial charge in [0, 0.05) is 18.7 Å². The lowest BCUT2D eigenvalue weighted by molar-refractivity contribution is 0.119. The number of hydrogen-bond donors (Lipinski definition) is 4. The molecule has 0 aliphatic heterocycles. The van der Waals surface area contributed by atoms with Crippen LogP contribution in [0.25, 0.3) is 0 Å². The number of aromatic hydroxyl groups is 2. The highest BCUT2D eigenvalue weighted by Crippen LogP contribution is 2.28. The molecular formula is C14H23NO3. The predicted octanol–water partition coefficient (Wildman–Crippen LogP) is 1.98. The molecule has 4 nitrogen and oxygen atoms in total. The third-order valence-electron chi connectivity index (χ3n) is 2.64. The molecule has 4 N–H and O–H groups in total. The number of rotatable bonds is 5. The van der Waals surface area contributed by atoms with Crippen LogP contribution in [-0.2, 0) is 6.54 Å². The molecule has 0 aliphatic rings. The predicted molar refractivity (Wildman–Crippen MR) is 71.6 cm³/mol. The van der Waals surface area contributed by atoms with Crippen molar-refractivity contribution in [1.82, 2.24) is 5.32 Å². The molecule has 1 unspecified atom stereocenters. The van der Waals surface area contributed by atoms with Gasteiger partial charge in [-0.15, -0.1) is 0 Å². The number of aliphatic hydroxyl groups is 1. The molecule has 1 aromatic rings. The summed E-state index contributed by atoms with van der Waals surface area (Å²) in [6.45, 7) is 7.12. The first-order valence-electron chi connectivity index (χ1n) is 6.18. The fourth-order valence-electron chi connectivity index (χ4n) is 1.87. The fourth-order valence-corrected chi connectivity index (χ4v) is 1.87. The Kier molecular flexibility index (Phi) is 4.99. The highest BCUT2D eigenvalue weighted by Gasteiger charge is 2.16. The Bertz CT molecular complexity index is 385. The Morgan fingerprint density at radius 3 is 2.50 bits per heavy atom. The van der Waals surface area contributed by atoms with Gasteiger partial charge in [0.15, 0.2) is 11.5 Å². The van der Waals surface area contributed by atoms with Gasteiger partial charge >= 0.3 is 0 Å². The van der Waals surface area contributed by atoms with Crippen molar-refractivity contribution in [3.05, 3.63) is 23.8 Å². The van der Waals surface area contributed by atoms with Crippen molar-refractivity contribution in [3.63, 3.8) is 0 Å². The molecule has 0 saturated heterocycles. The van der Waals surface area contributed by atoms with Crippen LogP contribution in [0.2, 0.25) is 0 Å². The van der Waals surface area contributed by atoms with E-state index in [0.717, 1.165) is 0 Å². The first-order valence-corrected chi connectivity index (χ1v) is 6.18. The molecule has 0 radical (unpaired) electrons. The molecule has 1 atom stereocenters. The number of nitrogens with one attached hydrogen (secondary N) is 1. The smallest absolute Gasteiger partial charge is 0.161 e. The minimum absolute atomic E-state index is 0.0915. The van der Waals surface area contributed by atoms with Gasteiger partial charge in [0.25, 0.3) is 0 Å². The van der Waals surface area contributed by atoms with Gasteiger partial charge in [-0.2, -0.15) is 0 Å². The maximum atomic E-state index is 9.81. The van der Waals surface area contributed by atoms with Gasteiger partial charge in [-0.25, -0.2) is 0 Å². The van der Waals surface area contributed by atoms with Crippen LogP contribution in [0.15, 0.2) is 18.2 Å². The fraction of sp³-hybridized carbons (Fsp3) is 0.571. The van der Waals surface area contributed by atoms with E-state index in [1.165, 1.54) is 6.07 Å². The summed E-state index contributed by atoms with van der Waals surface area (Å²) in [4.78, 5) is 0. The summed E-state index contributed by atoms with van der Waals surface area (Å²) >= 11 is 0. The molecule has 0 aliphatic carbocycles. The molecule has 1 rings (SSSR count). The van der Waals surface area contributed by atoms with Crippen LogP contribution in [0.1, 0.15) is 32.8 Å². The zero-order valence-electron chi connectivity index (χ0n) is 11.3. The first kappa shape index (κ1) is 14.8. The van der Waals surface area contributed by atoms with Crippen molar-refractivity contribution in [2.75, 3.05) is 6.54 Å². The van der Waals surface area contributed by atoms with Crippen LogP contribution in [0, 0.1) is 5.41 Å². The lowest BCUT2D eigenvalue weighted by atomic mass is 9.89. The molecule has 18 heavy (non-hydrogen) atoms. The Hall–Kier alpha value is -1.26. The van der Waals surface area contributed by atoms with Gasteiger partial charge in [0.2, 0.25) is 0 Å². The van der Waals surface area contributed by atoms with Crippen LogP contribution in [0.5, 0.6) is 11.5 Å². The second-order valence-corrected chi connectivity index (χ2v) is 5.83. The molecule has 0 spiro atoms. The van der Waals surface area contributed by atoms with Crippen LogP contribution < -0.4 is 5.32 Å². The Morgan fingerprint density at radius 2 is 1.89 bits per heavy atom. The molecule has 0 aromatic heterocycles. The van der Waals surface area contributed by atoms with E-state index in [4.69, 9.17) is 0 Å². The molecule has 0 heterocycles. The molecule has 4 heteroatoms. The van der Waals surface area contributed by atoms with Crippen LogP contribution in [-0.4, -0.2) is 28.0 Å². The van der Waals surface area contributed by atoms with E-state index in [2.05, 4.69) is 26.1 Å². The van der Waals surface area contributed by atoms with Crippen LogP contribution in [0.4, 0.5) is 0 Å². The van der Waals surface area contributed by atoms with E-state index in [1.807, 2.05) is 0 Å². The summed E-state index contributed by atoms with van der Waals surface area (Å²) in [6.07, 6.45) is 0.302. The Labute approximate surface area is 108 Å². The summed E-state index contributed by atoms with van der Waals surface area (Å²) in [7, 11) is 0. The summed E-state index contributed by atoms with van der Waals surface area (Å²) in [6, 6.07) is 4.85. The van der Waals surface area contributed by atoms with E-state index < -0.39 is 6.10 Å². The number of phenolic OH excluding ortho intramolecular Hbond substituents is 2. The minimum atomic E-state index is -0.413. The molecular weight excluding hydrogens is 230 g/mol.